The highest BCUT2D eigenvalue weighted by Gasteiger charge is 2.38. The predicted molar refractivity (Wildman–Crippen MR) is 131 cm³/mol. The van der Waals surface area contributed by atoms with Crippen molar-refractivity contribution in [3.8, 4) is 0 Å². The first-order chi connectivity index (χ1) is 16.3. The maximum Gasteiger partial charge on any atom is 0.248 e. The Labute approximate surface area is 216 Å². The lowest BCUT2D eigenvalue weighted by atomic mass is 10.0. The minimum atomic E-state index is -3.93. The monoisotopic (exact) mass is 553 g/mol. The Bertz CT molecular complexity index is 959. The molecule has 3 aliphatic rings. The maximum absolute atomic E-state index is 13.3. The second kappa shape index (κ2) is 11.6. The minimum Gasteiger partial charge on any atom is -0.379 e. The summed E-state index contributed by atoms with van der Waals surface area (Å²) in [5.74, 6) is -0.0587. The first-order valence-corrected chi connectivity index (χ1v) is 14.2. The zero-order valence-corrected chi connectivity index (χ0v) is 22.0. The number of benzene rings is 1. The van der Waals surface area contributed by atoms with Crippen LogP contribution in [-0.2, 0) is 24.3 Å². The molecule has 3 fully saturated rings. The molecular weight excluding hydrogens is 525 g/mol. The van der Waals surface area contributed by atoms with Crippen LogP contribution in [0.4, 0.5) is 0 Å². The summed E-state index contributed by atoms with van der Waals surface area (Å²) in [7, 11) is -3.93. The molecule has 0 N–H and O–H groups in total. The van der Waals surface area contributed by atoms with Crippen LogP contribution < -0.4 is 0 Å². The second-order valence-electron chi connectivity index (χ2n) is 8.89. The fourth-order valence-electron chi connectivity index (χ4n) is 4.98. The number of halogens is 3. The van der Waals surface area contributed by atoms with Crippen LogP contribution in [0.25, 0.3) is 0 Å². The molecule has 0 saturated carbocycles. The smallest absolute Gasteiger partial charge is 0.248 e. The zero-order valence-electron chi connectivity index (χ0n) is 18.9. The molecule has 4 rings (SSSR count). The van der Waals surface area contributed by atoms with Crippen LogP contribution in [0, 0.1) is 0 Å². The summed E-state index contributed by atoms with van der Waals surface area (Å²) < 4.78 is 39.0. The molecule has 0 aliphatic carbocycles. The van der Waals surface area contributed by atoms with E-state index in [0.29, 0.717) is 38.5 Å². The Balaban J connectivity index is 1.28. The number of carbonyl (C=O) groups is 1. The first kappa shape index (κ1) is 26.4. The number of carbonyl (C=O) groups excluding carboxylic acids is 1. The van der Waals surface area contributed by atoms with E-state index in [9.17, 15) is 13.2 Å². The highest BCUT2D eigenvalue weighted by atomic mass is 35.5. The van der Waals surface area contributed by atoms with Crippen molar-refractivity contribution in [1.82, 2.24) is 14.1 Å². The van der Waals surface area contributed by atoms with Crippen LogP contribution in [0.15, 0.2) is 17.0 Å². The van der Waals surface area contributed by atoms with Gasteiger partial charge in [0, 0.05) is 49.8 Å². The molecule has 3 heterocycles. The highest BCUT2D eigenvalue weighted by molar-refractivity contribution is 7.89. The van der Waals surface area contributed by atoms with Gasteiger partial charge in [0.15, 0.2) is 0 Å². The number of hydrogen-bond donors (Lipinski definition) is 0. The van der Waals surface area contributed by atoms with Crippen molar-refractivity contribution in [2.24, 2.45) is 0 Å². The summed E-state index contributed by atoms with van der Waals surface area (Å²) in [6.07, 6.45) is 3.23. The van der Waals surface area contributed by atoms with Gasteiger partial charge in [0.25, 0.3) is 0 Å². The molecule has 0 radical (unpaired) electrons. The van der Waals surface area contributed by atoms with E-state index in [0.717, 1.165) is 39.1 Å². The number of amides is 1. The van der Waals surface area contributed by atoms with E-state index < -0.39 is 10.0 Å². The van der Waals surface area contributed by atoms with Gasteiger partial charge in [0.2, 0.25) is 15.9 Å². The van der Waals surface area contributed by atoms with Crippen molar-refractivity contribution < 1.29 is 22.7 Å². The van der Waals surface area contributed by atoms with Crippen LogP contribution in [0.3, 0.4) is 0 Å². The second-order valence-corrected chi connectivity index (χ2v) is 12.0. The van der Waals surface area contributed by atoms with E-state index in [2.05, 4.69) is 4.90 Å². The summed E-state index contributed by atoms with van der Waals surface area (Å²) in [6, 6.07) is 2.85. The van der Waals surface area contributed by atoms with Gasteiger partial charge in [-0.25, -0.2) is 8.42 Å². The van der Waals surface area contributed by atoms with Crippen molar-refractivity contribution in [2.75, 3.05) is 59.2 Å². The predicted octanol–water partition coefficient (Wildman–Crippen LogP) is 3.14. The van der Waals surface area contributed by atoms with Gasteiger partial charge in [-0.2, -0.15) is 4.31 Å². The Morgan fingerprint density at radius 1 is 1.00 bits per heavy atom. The van der Waals surface area contributed by atoms with E-state index in [4.69, 9.17) is 44.3 Å². The molecule has 1 aromatic carbocycles. The Kier molecular flexibility index (Phi) is 9.01. The molecule has 3 aliphatic heterocycles. The lowest BCUT2D eigenvalue weighted by molar-refractivity contribution is -0.138. The number of rotatable bonds is 7. The number of nitrogens with zero attached hydrogens (tertiary/aromatic N) is 3. The van der Waals surface area contributed by atoms with Crippen LogP contribution in [-0.4, -0.2) is 99.7 Å². The molecule has 12 heteroatoms. The molecular formula is C22H30Cl3N3O5S. The molecule has 34 heavy (non-hydrogen) atoms. The molecule has 0 bridgehead atoms. The SMILES string of the molecule is O=C(COCC1CCCN1S(=O)(=O)c1c(Cl)cc(Cl)cc1Cl)N1CCC(N2CCOCC2)CC1. The van der Waals surface area contributed by atoms with Crippen molar-refractivity contribution in [3.63, 3.8) is 0 Å². The lowest BCUT2D eigenvalue weighted by Gasteiger charge is -2.40. The van der Waals surface area contributed by atoms with E-state index >= 15 is 0 Å². The summed E-state index contributed by atoms with van der Waals surface area (Å²) in [5, 5.41) is 0.238. The summed E-state index contributed by atoms with van der Waals surface area (Å²) in [6.45, 7) is 5.30. The molecule has 0 spiro atoms. The van der Waals surface area contributed by atoms with E-state index in [-0.39, 0.29) is 45.1 Å². The standard InChI is InChI=1S/C22H30Cl3N3O5S/c23-16-12-19(24)22(20(25)13-16)34(30,31)28-5-1-2-18(28)14-33-15-21(29)27-6-3-17(4-7-27)26-8-10-32-11-9-26/h12-13,17-18H,1-11,14-15H2. The Morgan fingerprint density at radius 2 is 1.65 bits per heavy atom. The average molecular weight is 555 g/mol. The fourth-order valence-corrected chi connectivity index (χ4v) is 8.16. The van der Waals surface area contributed by atoms with Crippen LogP contribution in [0.1, 0.15) is 25.7 Å². The van der Waals surface area contributed by atoms with Gasteiger partial charge in [-0.3, -0.25) is 9.69 Å². The highest BCUT2D eigenvalue weighted by Crippen LogP contribution is 2.37. The molecule has 8 nitrogen and oxygen atoms in total. The zero-order chi connectivity index (χ0) is 24.3. The third-order valence-corrected chi connectivity index (χ3v) is 9.86. The number of ether oxygens (including phenoxy) is 2. The van der Waals surface area contributed by atoms with Gasteiger partial charge in [-0.1, -0.05) is 34.8 Å². The lowest BCUT2D eigenvalue weighted by Crippen LogP contribution is -2.50. The quantitative estimate of drug-likeness (QED) is 0.515. The van der Waals surface area contributed by atoms with E-state index in [1.54, 1.807) is 0 Å². The number of sulfonamides is 1. The van der Waals surface area contributed by atoms with Gasteiger partial charge >= 0.3 is 0 Å². The van der Waals surface area contributed by atoms with Crippen LogP contribution in [0.5, 0.6) is 0 Å². The molecule has 3 saturated heterocycles. The number of morpholine rings is 1. The van der Waals surface area contributed by atoms with Crippen molar-refractivity contribution in [1.29, 1.82) is 0 Å². The molecule has 1 amide bonds. The summed E-state index contributed by atoms with van der Waals surface area (Å²) >= 11 is 18.3. The van der Waals surface area contributed by atoms with E-state index in [1.165, 1.54) is 16.4 Å². The molecule has 0 aromatic heterocycles. The summed E-state index contributed by atoms with van der Waals surface area (Å²) in [5.41, 5.74) is 0. The topological polar surface area (TPSA) is 79.4 Å². The van der Waals surface area contributed by atoms with Gasteiger partial charge in [-0.05, 0) is 37.8 Å². The van der Waals surface area contributed by atoms with Crippen molar-refractivity contribution in [3.05, 3.63) is 27.2 Å². The molecule has 190 valence electrons. The number of hydrogen-bond acceptors (Lipinski definition) is 6. The molecule has 1 atom stereocenters. The normalized spacial score (nSPS) is 23.5. The Hall–Kier alpha value is -0.650. The number of piperidine rings is 1. The van der Waals surface area contributed by atoms with Gasteiger partial charge in [0.1, 0.15) is 11.5 Å². The maximum atomic E-state index is 13.3. The number of likely N-dealkylation sites (tertiary alicyclic amines) is 1. The third-order valence-electron chi connectivity index (χ3n) is 6.77. The molecule has 1 unspecified atom stereocenters. The third kappa shape index (κ3) is 6.00. The van der Waals surface area contributed by atoms with Gasteiger partial charge in [-0.15, -0.1) is 0 Å². The minimum absolute atomic E-state index is 0.0141. The molecule has 1 aromatic rings. The Morgan fingerprint density at radius 3 is 2.29 bits per heavy atom. The van der Waals surface area contributed by atoms with Crippen molar-refractivity contribution in [2.45, 2.75) is 42.7 Å². The fraction of sp³-hybridized carbons (Fsp3) is 0.682. The van der Waals surface area contributed by atoms with E-state index in [1.807, 2.05) is 4.90 Å². The van der Waals surface area contributed by atoms with Crippen LogP contribution in [0.2, 0.25) is 15.1 Å². The first-order valence-electron chi connectivity index (χ1n) is 11.6. The van der Waals surface area contributed by atoms with Crippen LogP contribution >= 0.6 is 34.8 Å². The van der Waals surface area contributed by atoms with Gasteiger partial charge < -0.3 is 14.4 Å². The largest absolute Gasteiger partial charge is 0.379 e. The summed E-state index contributed by atoms with van der Waals surface area (Å²) in [4.78, 5) is 16.8. The average Bonchev–Trinajstić information content (AvgIpc) is 3.28. The van der Waals surface area contributed by atoms with Crippen molar-refractivity contribution >= 4 is 50.7 Å². The van der Waals surface area contributed by atoms with Gasteiger partial charge in [0.05, 0.1) is 29.9 Å².